The van der Waals surface area contributed by atoms with Crippen LogP contribution >= 0.6 is 0 Å². The molecule has 3 rings (SSSR count). The molecule has 0 radical (unpaired) electrons. The van der Waals surface area contributed by atoms with Crippen LogP contribution in [-0.2, 0) is 10.2 Å². The molecule has 1 aromatic heterocycles. The second-order valence-electron chi connectivity index (χ2n) is 5.36. The molecule has 1 fully saturated rings. The average Bonchev–Trinajstić information content (AvgIpc) is 2.89. The minimum absolute atomic E-state index is 0.0849. The van der Waals surface area contributed by atoms with Crippen LogP contribution in [0.25, 0.3) is 0 Å². The molecule has 2 aromatic rings. The number of aromatic nitrogens is 2. The predicted molar refractivity (Wildman–Crippen MR) is 75.4 cm³/mol. The van der Waals surface area contributed by atoms with Crippen LogP contribution in [-0.4, -0.2) is 16.7 Å². The first-order chi connectivity index (χ1) is 9.76. The third-order valence-electron chi connectivity index (χ3n) is 4.16. The molecule has 1 aliphatic rings. The molecule has 1 saturated carbocycles. The van der Waals surface area contributed by atoms with Gasteiger partial charge in [0.1, 0.15) is 6.10 Å². The largest absolute Gasteiger partial charge is 0.371 e. The highest BCUT2D eigenvalue weighted by molar-refractivity contribution is 5.34. The number of benzene rings is 1. The van der Waals surface area contributed by atoms with E-state index >= 15 is 0 Å². The van der Waals surface area contributed by atoms with Gasteiger partial charge in [-0.25, -0.2) is 0 Å². The van der Waals surface area contributed by atoms with Gasteiger partial charge in [0.25, 0.3) is 0 Å². The van der Waals surface area contributed by atoms with Gasteiger partial charge < -0.3 is 9.26 Å². The van der Waals surface area contributed by atoms with E-state index in [1.54, 1.807) is 0 Å². The Bertz CT molecular complexity index is 561. The summed E-state index contributed by atoms with van der Waals surface area (Å²) in [7, 11) is 0. The van der Waals surface area contributed by atoms with Gasteiger partial charge in [-0.3, -0.25) is 0 Å². The summed E-state index contributed by atoms with van der Waals surface area (Å²) in [6.07, 6.45) is 3.22. The molecule has 0 bridgehead atoms. The molecule has 0 saturated heterocycles. The number of hydrogen-bond acceptors (Lipinski definition) is 4. The van der Waals surface area contributed by atoms with Crippen molar-refractivity contribution in [2.45, 2.75) is 44.6 Å². The number of ether oxygens (including phenoxy) is 1. The number of hydrogen-bond donors (Lipinski definition) is 0. The van der Waals surface area contributed by atoms with Crippen molar-refractivity contribution in [3.8, 4) is 0 Å². The molecule has 0 spiro atoms. The van der Waals surface area contributed by atoms with E-state index in [4.69, 9.17) is 9.26 Å². The van der Waals surface area contributed by atoms with Crippen molar-refractivity contribution in [1.29, 1.82) is 0 Å². The third kappa shape index (κ3) is 2.14. The van der Waals surface area contributed by atoms with E-state index in [2.05, 4.69) is 34.4 Å². The average molecular weight is 272 g/mol. The summed E-state index contributed by atoms with van der Waals surface area (Å²) >= 11 is 0. The second-order valence-corrected chi connectivity index (χ2v) is 5.36. The van der Waals surface area contributed by atoms with E-state index in [9.17, 15) is 0 Å². The van der Waals surface area contributed by atoms with Crippen LogP contribution in [0.1, 0.15) is 56.5 Å². The Morgan fingerprint density at radius 2 is 2.05 bits per heavy atom. The van der Waals surface area contributed by atoms with Crippen LogP contribution in [0.2, 0.25) is 0 Å². The molecule has 1 atom stereocenters. The van der Waals surface area contributed by atoms with Crippen LogP contribution in [0.3, 0.4) is 0 Å². The van der Waals surface area contributed by atoms with Crippen LogP contribution < -0.4 is 0 Å². The van der Waals surface area contributed by atoms with Gasteiger partial charge >= 0.3 is 0 Å². The first-order valence-electron chi connectivity index (χ1n) is 7.27. The molecule has 0 amide bonds. The molecule has 1 aromatic carbocycles. The fourth-order valence-electron chi connectivity index (χ4n) is 2.83. The Labute approximate surface area is 119 Å². The lowest BCUT2D eigenvalue weighted by Gasteiger charge is -2.38. The highest BCUT2D eigenvalue weighted by Crippen LogP contribution is 2.48. The summed E-state index contributed by atoms with van der Waals surface area (Å²) in [5.41, 5.74) is 1.18. The maximum absolute atomic E-state index is 5.55. The van der Waals surface area contributed by atoms with Gasteiger partial charge in [-0.15, -0.1) is 0 Å². The Kier molecular flexibility index (Phi) is 3.57. The van der Waals surface area contributed by atoms with E-state index in [0.717, 1.165) is 18.7 Å². The highest BCUT2D eigenvalue weighted by atomic mass is 16.5. The minimum atomic E-state index is -0.120. The molecular weight excluding hydrogens is 252 g/mol. The monoisotopic (exact) mass is 272 g/mol. The van der Waals surface area contributed by atoms with Crippen molar-refractivity contribution >= 4 is 0 Å². The van der Waals surface area contributed by atoms with Gasteiger partial charge in [0.05, 0.1) is 5.41 Å². The minimum Gasteiger partial charge on any atom is -0.371 e. The van der Waals surface area contributed by atoms with Crippen molar-refractivity contribution in [2.75, 3.05) is 6.61 Å². The quantitative estimate of drug-likeness (QED) is 0.833. The summed E-state index contributed by atoms with van der Waals surface area (Å²) < 4.78 is 11.1. The molecule has 1 heterocycles. The van der Waals surface area contributed by atoms with Crippen LogP contribution in [0.15, 0.2) is 34.9 Å². The smallest absolute Gasteiger partial charge is 0.237 e. The Hall–Kier alpha value is -1.68. The van der Waals surface area contributed by atoms with E-state index in [1.807, 2.05) is 19.9 Å². The summed E-state index contributed by atoms with van der Waals surface area (Å²) in [6, 6.07) is 10.5. The zero-order chi connectivity index (χ0) is 14.0. The van der Waals surface area contributed by atoms with Gasteiger partial charge in [-0.1, -0.05) is 41.9 Å². The molecule has 0 N–H and O–H groups in total. The van der Waals surface area contributed by atoms with Gasteiger partial charge in [0.15, 0.2) is 5.82 Å². The highest BCUT2D eigenvalue weighted by Gasteiger charge is 2.45. The lowest BCUT2D eigenvalue weighted by atomic mass is 9.64. The van der Waals surface area contributed by atoms with E-state index in [1.165, 1.54) is 12.0 Å². The molecule has 1 unspecified atom stereocenters. The zero-order valence-electron chi connectivity index (χ0n) is 12.0. The Morgan fingerprint density at radius 1 is 1.30 bits per heavy atom. The molecule has 106 valence electrons. The van der Waals surface area contributed by atoms with Gasteiger partial charge in [-0.2, -0.15) is 4.98 Å². The normalized spacial score (nSPS) is 18.5. The molecule has 4 heteroatoms. The van der Waals surface area contributed by atoms with Gasteiger partial charge in [-0.05, 0) is 32.3 Å². The van der Waals surface area contributed by atoms with Crippen molar-refractivity contribution < 1.29 is 9.26 Å². The standard InChI is InChI=1S/C16H20N2O2/c1-3-19-12(2)14-17-15(20-18-14)16(10-7-11-16)13-8-5-4-6-9-13/h4-6,8-9,12H,3,7,10-11H2,1-2H3. The lowest BCUT2D eigenvalue weighted by Crippen LogP contribution is -2.35. The van der Waals surface area contributed by atoms with E-state index in [-0.39, 0.29) is 11.5 Å². The van der Waals surface area contributed by atoms with Crippen molar-refractivity contribution in [3.63, 3.8) is 0 Å². The van der Waals surface area contributed by atoms with Crippen molar-refractivity contribution in [3.05, 3.63) is 47.6 Å². The Morgan fingerprint density at radius 3 is 2.65 bits per heavy atom. The fourth-order valence-corrected chi connectivity index (χ4v) is 2.83. The topological polar surface area (TPSA) is 48.2 Å². The van der Waals surface area contributed by atoms with Crippen molar-refractivity contribution in [2.24, 2.45) is 0 Å². The summed E-state index contributed by atoms with van der Waals surface area (Å²) in [4.78, 5) is 4.60. The number of rotatable bonds is 5. The van der Waals surface area contributed by atoms with Crippen molar-refractivity contribution in [1.82, 2.24) is 10.1 Å². The van der Waals surface area contributed by atoms with E-state index < -0.39 is 0 Å². The fraction of sp³-hybridized carbons (Fsp3) is 0.500. The molecule has 0 aliphatic heterocycles. The first-order valence-corrected chi connectivity index (χ1v) is 7.27. The molecule has 4 nitrogen and oxygen atoms in total. The van der Waals surface area contributed by atoms with E-state index in [0.29, 0.717) is 12.4 Å². The molecule has 1 aliphatic carbocycles. The lowest BCUT2D eigenvalue weighted by molar-refractivity contribution is 0.0683. The maximum atomic E-state index is 5.55. The van der Waals surface area contributed by atoms with Crippen LogP contribution in [0.4, 0.5) is 0 Å². The maximum Gasteiger partial charge on any atom is 0.237 e. The summed E-state index contributed by atoms with van der Waals surface area (Å²) in [5.74, 6) is 1.38. The third-order valence-corrected chi connectivity index (χ3v) is 4.16. The predicted octanol–water partition coefficient (Wildman–Crippen LogP) is 3.64. The molecular formula is C16H20N2O2. The van der Waals surface area contributed by atoms with Gasteiger partial charge in [0.2, 0.25) is 5.89 Å². The van der Waals surface area contributed by atoms with Gasteiger partial charge in [0, 0.05) is 6.61 Å². The zero-order valence-corrected chi connectivity index (χ0v) is 12.0. The van der Waals surface area contributed by atoms with Crippen LogP contribution in [0.5, 0.6) is 0 Å². The number of nitrogens with zero attached hydrogens (tertiary/aromatic N) is 2. The first kappa shape index (κ1) is 13.3. The Balaban J connectivity index is 1.91. The SMILES string of the molecule is CCOC(C)c1noc(C2(c3ccccc3)CCC2)n1. The summed E-state index contributed by atoms with van der Waals surface area (Å²) in [6.45, 7) is 4.57. The summed E-state index contributed by atoms with van der Waals surface area (Å²) in [5, 5.41) is 4.10. The molecule has 20 heavy (non-hydrogen) atoms. The van der Waals surface area contributed by atoms with Crippen LogP contribution in [0, 0.1) is 0 Å². The second kappa shape index (κ2) is 5.37.